The Morgan fingerprint density at radius 3 is 1.56 bits per heavy atom. The van der Waals surface area contributed by atoms with Crippen LogP contribution in [0.2, 0.25) is 0 Å². The number of fused-ring (bicyclic) bond motifs is 7. The molecule has 0 amide bonds. The summed E-state index contributed by atoms with van der Waals surface area (Å²) >= 11 is 0. The van der Waals surface area contributed by atoms with Gasteiger partial charge in [-0.05, 0) is 151 Å². The van der Waals surface area contributed by atoms with Crippen LogP contribution in [0.15, 0.2) is 224 Å². The van der Waals surface area contributed by atoms with Gasteiger partial charge in [0.25, 0.3) is 0 Å². The third-order valence-corrected chi connectivity index (χ3v) is 13.2. The highest BCUT2D eigenvalue weighted by Crippen LogP contribution is 2.52. The van der Waals surface area contributed by atoms with Crippen molar-refractivity contribution in [1.82, 2.24) is 0 Å². The second-order valence-electron chi connectivity index (χ2n) is 16.8. The van der Waals surface area contributed by atoms with Gasteiger partial charge >= 0.3 is 0 Å². The van der Waals surface area contributed by atoms with Crippen LogP contribution < -0.4 is 0 Å². The van der Waals surface area contributed by atoms with Crippen molar-refractivity contribution < 1.29 is 0 Å². The van der Waals surface area contributed by atoms with Crippen LogP contribution in [0.5, 0.6) is 0 Å². The fraction of sp³-hybridized carbons (Fsp3) is 0.0323. The van der Waals surface area contributed by atoms with Crippen molar-refractivity contribution in [2.24, 2.45) is 0 Å². The molecule has 0 N–H and O–H groups in total. The van der Waals surface area contributed by atoms with Gasteiger partial charge in [-0.25, -0.2) is 0 Å². The van der Waals surface area contributed by atoms with Crippen molar-refractivity contribution in [3.05, 3.63) is 241 Å². The van der Waals surface area contributed by atoms with E-state index >= 15 is 0 Å². The summed E-state index contributed by atoms with van der Waals surface area (Å²) in [4.78, 5) is 0. The quantitative estimate of drug-likeness (QED) is 0.116. The van der Waals surface area contributed by atoms with E-state index in [1.807, 2.05) is 0 Å². The van der Waals surface area contributed by atoms with E-state index in [1.165, 1.54) is 126 Å². The molecule has 62 heavy (non-hydrogen) atoms. The molecule has 0 aliphatic heterocycles. The predicted octanol–water partition coefficient (Wildman–Crippen LogP) is 17.2. The molecule has 0 saturated carbocycles. The molecule has 12 aromatic rings. The Kier molecular flexibility index (Phi) is 8.57. The van der Waals surface area contributed by atoms with E-state index in [-0.39, 0.29) is 0 Å². The zero-order chi connectivity index (χ0) is 41.1. The summed E-state index contributed by atoms with van der Waals surface area (Å²) in [5.74, 6) is 0. The molecule has 12 aromatic carbocycles. The Balaban J connectivity index is 1.31. The summed E-state index contributed by atoms with van der Waals surface area (Å²) in [5, 5.41) is 15.0. The van der Waals surface area contributed by atoms with E-state index in [2.05, 4.69) is 231 Å². The Labute approximate surface area is 362 Å². The van der Waals surface area contributed by atoms with E-state index in [9.17, 15) is 0 Å². The smallest absolute Gasteiger partial charge is 0.00144 e. The average Bonchev–Trinajstić information content (AvgIpc) is 3.33. The van der Waals surface area contributed by atoms with E-state index in [0.29, 0.717) is 0 Å². The SMILES string of the molecule is Cc1cc(Cc2ccccc2)c(-c2cccc3c2ccc2ccccc23)c(-c2cccc3cc4ccccc4cc23)c1-c1c(-c2cccc3ccccc23)ccc2ccccc12. The summed E-state index contributed by atoms with van der Waals surface area (Å²) in [6, 6.07) is 83.7. The molecule has 12 rings (SSSR count). The lowest BCUT2D eigenvalue weighted by Crippen LogP contribution is -2.03. The summed E-state index contributed by atoms with van der Waals surface area (Å²) in [6.45, 7) is 2.35. The van der Waals surface area contributed by atoms with Crippen LogP contribution in [0.25, 0.3) is 109 Å². The minimum Gasteiger partial charge on any atom is -0.0622 e. The minimum absolute atomic E-state index is 0.799. The van der Waals surface area contributed by atoms with Crippen molar-refractivity contribution >= 4 is 64.6 Å². The maximum absolute atomic E-state index is 2.51. The van der Waals surface area contributed by atoms with Crippen molar-refractivity contribution in [3.63, 3.8) is 0 Å². The fourth-order valence-electron chi connectivity index (χ4n) is 10.4. The molecule has 0 nitrogen and oxygen atoms in total. The first-order valence-electron chi connectivity index (χ1n) is 21.7. The average molecular weight is 787 g/mol. The standard InChI is InChI=1S/C62H42/c1-40-36-48(37-41-16-3-2-4-17-41)60(55-31-15-29-52-50-26-11-8-19-43(50)32-34-54(52)55)62(56-30-14-24-47-38-45-21-5-6-22-46(45)39-58(47)56)59(40)61-51-27-12-9-20-44(51)33-35-57(61)53-28-13-23-42-18-7-10-25-49(42)53/h2-36,38-39H,37H2,1H3. The minimum atomic E-state index is 0.799. The van der Waals surface area contributed by atoms with Crippen molar-refractivity contribution in [3.8, 4) is 44.5 Å². The van der Waals surface area contributed by atoms with Gasteiger partial charge in [-0.1, -0.05) is 212 Å². The maximum Gasteiger partial charge on any atom is -0.00144 e. The predicted molar refractivity (Wildman–Crippen MR) is 267 cm³/mol. The molecular weight excluding hydrogens is 745 g/mol. The second-order valence-corrected chi connectivity index (χ2v) is 16.8. The van der Waals surface area contributed by atoms with Crippen molar-refractivity contribution in [1.29, 1.82) is 0 Å². The Morgan fingerprint density at radius 1 is 0.258 bits per heavy atom. The second kappa shape index (κ2) is 14.7. The van der Waals surface area contributed by atoms with E-state index in [1.54, 1.807) is 0 Å². The first-order valence-corrected chi connectivity index (χ1v) is 21.7. The zero-order valence-electron chi connectivity index (χ0n) is 34.6. The van der Waals surface area contributed by atoms with Gasteiger partial charge in [0.1, 0.15) is 0 Å². The highest BCUT2D eigenvalue weighted by molar-refractivity contribution is 6.19. The molecule has 0 heteroatoms. The van der Waals surface area contributed by atoms with Crippen LogP contribution in [0.3, 0.4) is 0 Å². The molecule has 0 aliphatic carbocycles. The molecule has 0 bridgehead atoms. The molecule has 0 saturated heterocycles. The van der Waals surface area contributed by atoms with Gasteiger partial charge in [0.2, 0.25) is 0 Å². The Hall–Kier alpha value is -7.80. The topological polar surface area (TPSA) is 0 Å². The van der Waals surface area contributed by atoms with Crippen LogP contribution >= 0.6 is 0 Å². The van der Waals surface area contributed by atoms with Gasteiger partial charge in [0, 0.05) is 0 Å². The van der Waals surface area contributed by atoms with Gasteiger partial charge in [-0.2, -0.15) is 0 Å². The number of benzene rings is 12. The molecule has 0 spiro atoms. The monoisotopic (exact) mass is 786 g/mol. The molecule has 0 unspecified atom stereocenters. The van der Waals surface area contributed by atoms with Gasteiger partial charge < -0.3 is 0 Å². The molecule has 0 atom stereocenters. The third-order valence-electron chi connectivity index (χ3n) is 13.2. The number of hydrogen-bond acceptors (Lipinski definition) is 0. The summed E-state index contributed by atoms with van der Waals surface area (Å²) in [7, 11) is 0. The fourth-order valence-corrected chi connectivity index (χ4v) is 10.4. The van der Waals surface area contributed by atoms with E-state index in [0.717, 1.165) is 6.42 Å². The molecule has 0 radical (unpaired) electrons. The first kappa shape index (κ1) is 36.1. The molecular formula is C62H42. The van der Waals surface area contributed by atoms with Crippen LogP contribution in [0, 0.1) is 6.92 Å². The zero-order valence-corrected chi connectivity index (χ0v) is 34.6. The summed E-state index contributed by atoms with van der Waals surface area (Å²) < 4.78 is 0. The number of rotatable bonds is 6. The largest absolute Gasteiger partial charge is 0.0622 e. The Morgan fingerprint density at radius 2 is 0.790 bits per heavy atom. The highest BCUT2D eigenvalue weighted by Gasteiger charge is 2.27. The molecule has 290 valence electrons. The van der Waals surface area contributed by atoms with Crippen LogP contribution in [-0.2, 0) is 6.42 Å². The lowest BCUT2D eigenvalue weighted by atomic mass is 9.76. The van der Waals surface area contributed by atoms with Gasteiger partial charge in [-0.15, -0.1) is 0 Å². The van der Waals surface area contributed by atoms with Crippen molar-refractivity contribution in [2.45, 2.75) is 13.3 Å². The molecule has 0 aromatic heterocycles. The first-order chi connectivity index (χ1) is 30.7. The van der Waals surface area contributed by atoms with Gasteiger partial charge in [-0.3, -0.25) is 0 Å². The van der Waals surface area contributed by atoms with Crippen LogP contribution in [0.4, 0.5) is 0 Å². The van der Waals surface area contributed by atoms with Gasteiger partial charge in [0.15, 0.2) is 0 Å². The lowest BCUT2D eigenvalue weighted by Gasteiger charge is -2.27. The van der Waals surface area contributed by atoms with E-state index < -0.39 is 0 Å². The van der Waals surface area contributed by atoms with Gasteiger partial charge in [0.05, 0.1) is 0 Å². The summed E-state index contributed by atoms with van der Waals surface area (Å²) in [5.41, 5.74) is 13.9. The molecule has 0 heterocycles. The van der Waals surface area contributed by atoms with E-state index in [4.69, 9.17) is 0 Å². The highest BCUT2D eigenvalue weighted by atomic mass is 14.3. The molecule has 0 fully saturated rings. The number of hydrogen-bond donors (Lipinski definition) is 0. The lowest BCUT2D eigenvalue weighted by molar-refractivity contribution is 1.19. The van der Waals surface area contributed by atoms with Crippen molar-refractivity contribution in [2.75, 3.05) is 0 Å². The number of aryl methyl sites for hydroxylation is 1. The van der Waals surface area contributed by atoms with Crippen LogP contribution in [0.1, 0.15) is 16.7 Å². The third kappa shape index (κ3) is 5.91. The van der Waals surface area contributed by atoms with Crippen LogP contribution in [-0.4, -0.2) is 0 Å². The molecule has 0 aliphatic rings. The maximum atomic E-state index is 2.51. The summed E-state index contributed by atoms with van der Waals surface area (Å²) in [6.07, 6.45) is 0.799. The normalized spacial score (nSPS) is 11.7. The Bertz CT molecular complexity index is 3720.